The molecule has 2 aromatic heterocycles. The number of hydrogen-bond donors (Lipinski definition) is 1. The zero-order valence-electron chi connectivity index (χ0n) is 21.3. The third-order valence-electron chi connectivity index (χ3n) is 6.95. The Bertz CT molecular complexity index is 1560. The van der Waals surface area contributed by atoms with E-state index in [4.69, 9.17) is 18.2 Å². The van der Waals surface area contributed by atoms with E-state index in [1.165, 1.54) is 36.7 Å². The Kier molecular flexibility index (Phi) is 7.64. The molecule has 41 heavy (non-hydrogen) atoms. The van der Waals surface area contributed by atoms with E-state index in [1.807, 2.05) is 0 Å². The van der Waals surface area contributed by atoms with Crippen LogP contribution in [0, 0.1) is 12.4 Å². The van der Waals surface area contributed by atoms with E-state index in [2.05, 4.69) is 20.1 Å². The smallest absolute Gasteiger partial charge is 0.252 e. The molecule has 9 nitrogen and oxygen atoms in total. The highest BCUT2D eigenvalue weighted by Crippen LogP contribution is 2.40. The van der Waals surface area contributed by atoms with Crippen LogP contribution in [0.4, 0.5) is 30.4 Å². The fourth-order valence-corrected chi connectivity index (χ4v) is 5.29. The van der Waals surface area contributed by atoms with Crippen molar-refractivity contribution < 1.29 is 27.6 Å². The van der Waals surface area contributed by atoms with Crippen LogP contribution in [0.5, 0.6) is 0 Å². The second-order valence-electron chi connectivity index (χ2n) is 9.77. The van der Waals surface area contributed by atoms with Crippen molar-refractivity contribution in [1.82, 2.24) is 15.3 Å². The first-order valence-corrected chi connectivity index (χ1v) is 13.0. The fraction of sp³-hybridized carbons (Fsp3) is 0.286. The van der Waals surface area contributed by atoms with Crippen LogP contribution in [0.3, 0.4) is 0 Å². The monoisotopic (exact) mass is 582 g/mol. The van der Waals surface area contributed by atoms with Gasteiger partial charge in [-0.25, -0.2) is 23.0 Å². The number of aromatic nitrogens is 2. The molecule has 2 aliphatic rings. The van der Waals surface area contributed by atoms with Gasteiger partial charge in [0.15, 0.2) is 5.69 Å². The van der Waals surface area contributed by atoms with Gasteiger partial charge in [0.25, 0.3) is 11.8 Å². The summed E-state index contributed by atoms with van der Waals surface area (Å²) in [5, 5.41) is 2.66. The average Bonchev–Trinajstić information content (AvgIpc) is 3.32. The van der Waals surface area contributed by atoms with E-state index in [9.17, 15) is 27.6 Å². The van der Waals surface area contributed by atoms with Gasteiger partial charge in [-0.05, 0) is 24.6 Å². The topological polar surface area (TPSA) is 99.9 Å². The fourth-order valence-electron chi connectivity index (χ4n) is 5.05. The zero-order valence-corrected chi connectivity index (χ0v) is 22.1. The van der Waals surface area contributed by atoms with Crippen molar-refractivity contribution in [3.8, 4) is 0 Å². The van der Waals surface area contributed by atoms with Crippen molar-refractivity contribution in [1.29, 1.82) is 0 Å². The van der Waals surface area contributed by atoms with Crippen LogP contribution in [0.1, 0.15) is 37.3 Å². The minimum absolute atomic E-state index is 0.0321. The van der Waals surface area contributed by atoms with Gasteiger partial charge < -0.3 is 5.32 Å². The van der Waals surface area contributed by atoms with Crippen LogP contribution in [0.2, 0.25) is 5.02 Å². The summed E-state index contributed by atoms with van der Waals surface area (Å²) >= 11 is 6.47. The molecule has 13 heteroatoms. The number of hydrogen-bond acceptors (Lipinski definition) is 5. The number of halogens is 4. The maximum atomic E-state index is 14.4. The van der Waals surface area contributed by atoms with Gasteiger partial charge in [0.2, 0.25) is 11.8 Å². The molecule has 1 aliphatic heterocycles. The van der Waals surface area contributed by atoms with Gasteiger partial charge >= 0.3 is 0 Å². The average molecular weight is 583 g/mol. The van der Waals surface area contributed by atoms with E-state index >= 15 is 0 Å². The first-order valence-electron chi connectivity index (χ1n) is 12.6. The quantitative estimate of drug-likeness (QED) is 0.395. The van der Waals surface area contributed by atoms with Gasteiger partial charge in [0.1, 0.15) is 23.7 Å². The van der Waals surface area contributed by atoms with Crippen molar-refractivity contribution in [2.45, 2.75) is 49.7 Å². The van der Waals surface area contributed by atoms with Crippen LogP contribution in [0.25, 0.3) is 4.85 Å². The lowest BCUT2D eigenvalue weighted by molar-refractivity contribution is -0.133. The summed E-state index contributed by atoms with van der Waals surface area (Å²) in [6.07, 6.45) is 2.28. The number of carbonyl (C=O) groups is 3. The number of alkyl halides is 2. The summed E-state index contributed by atoms with van der Waals surface area (Å²) in [4.78, 5) is 54.6. The van der Waals surface area contributed by atoms with Crippen LogP contribution < -0.4 is 15.1 Å². The molecule has 1 aliphatic carbocycles. The van der Waals surface area contributed by atoms with Gasteiger partial charge in [0.05, 0.1) is 24.7 Å². The van der Waals surface area contributed by atoms with E-state index in [0.29, 0.717) is 0 Å². The van der Waals surface area contributed by atoms with Gasteiger partial charge in [-0.3, -0.25) is 29.2 Å². The summed E-state index contributed by atoms with van der Waals surface area (Å²) < 4.78 is 41.6. The molecular formula is C28H22ClF3N6O3. The molecule has 2 fully saturated rings. The highest BCUT2D eigenvalue weighted by molar-refractivity contribution is 6.31. The van der Waals surface area contributed by atoms with Gasteiger partial charge in [0, 0.05) is 48.2 Å². The first kappa shape index (κ1) is 28.0. The summed E-state index contributed by atoms with van der Waals surface area (Å²) in [7, 11) is 0. The third-order valence-corrected chi connectivity index (χ3v) is 7.30. The van der Waals surface area contributed by atoms with Crippen LogP contribution >= 0.6 is 11.6 Å². The van der Waals surface area contributed by atoms with E-state index in [-0.39, 0.29) is 40.6 Å². The molecule has 1 saturated heterocycles. The third kappa shape index (κ3) is 5.71. The molecule has 3 aromatic rings. The molecular weight excluding hydrogens is 561 g/mol. The second-order valence-corrected chi connectivity index (χ2v) is 10.2. The van der Waals surface area contributed by atoms with Gasteiger partial charge in [-0.1, -0.05) is 29.8 Å². The lowest BCUT2D eigenvalue weighted by atomic mass is 9.87. The van der Waals surface area contributed by atoms with Crippen molar-refractivity contribution in [3.05, 3.63) is 88.9 Å². The molecule has 0 bridgehead atoms. The molecule has 1 N–H and O–H groups in total. The number of carbonyl (C=O) groups excluding carboxylic acids is 3. The SMILES string of the molecule is [C-]#[N+]c1ccnc(N2C(=O)CC[C@H]2C(=O)N(c2cncc(F)c2)C(C(=O)NC2CC(F)(F)C2)c2ccccc2Cl)c1. The molecule has 5 rings (SSSR count). The minimum atomic E-state index is -2.92. The van der Waals surface area contributed by atoms with E-state index < -0.39 is 60.4 Å². The van der Waals surface area contributed by atoms with Crippen molar-refractivity contribution in [2.24, 2.45) is 0 Å². The largest absolute Gasteiger partial charge is 0.351 e. The Morgan fingerprint density at radius 2 is 1.95 bits per heavy atom. The molecule has 210 valence electrons. The predicted octanol–water partition coefficient (Wildman–Crippen LogP) is 5.00. The number of benzene rings is 1. The second kappa shape index (κ2) is 11.2. The predicted molar refractivity (Wildman–Crippen MR) is 143 cm³/mol. The first-order chi connectivity index (χ1) is 19.6. The van der Waals surface area contributed by atoms with Crippen molar-refractivity contribution in [3.63, 3.8) is 0 Å². The summed E-state index contributed by atoms with van der Waals surface area (Å²) in [5.74, 6) is -5.70. The Balaban J connectivity index is 1.61. The lowest BCUT2D eigenvalue weighted by Gasteiger charge is -2.39. The van der Waals surface area contributed by atoms with Crippen molar-refractivity contribution in [2.75, 3.05) is 9.80 Å². The van der Waals surface area contributed by atoms with E-state index in [0.717, 1.165) is 22.1 Å². The number of anilines is 2. The number of nitrogens with zero attached hydrogens (tertiary/aromatic N) is 5. The number of rotatable bonds is 7. The Labute approximate surface area is 237 Å². The normalized spacial score (nSPS) is 18.8. The molecule has 1 saturated carbocycles. The zero-order chi connectivity index (χ0) is 29.3. The summed E-state index contributed by atoms with van der Waals surface area (Å²) in [5.41, 5.74) is 0.230. The van der Waals surface area contributed by atoms with Crippen LogP contribution in [-0.2, 0) is 14.4 Å². The molecule has 1 aromatic carbocycles. The van der Waals surface area contributed by atoms with Crippen LogP contribution in [0.15, 0.2) is 61.1 Å². The molecule has 2 atom stereocenters. The molecule has 1 unspecified atom stereocenters. The Hall–Kier alpha value is -4.50. The number of amides is 3. The minimum Gasteiger partial charge on any atom is -0.351 e. The number of nitrogens with one attached hydrogen (secondary N) is 1. The summed E-state index contributed by atoms with van der Waals surface area (Å²) in [6, 6.07) is 6.40. The lowest BCUT2D eigenvalue weighted by Crippen LogP contribution is -2.56. The maximum Gasteiger partial charge on any atom is 0.252 e. The molecule has 3 heterocycles. The highest BCUT2D eigenvalue weighted by Gasteiger charge is 2.48. The maximum absolute atomic E-state index is 14.4. The van der Waals surface area contributed by atoms with Crippen molar-refractivity contribution >= 4 is 46.5 Å². The Morgan fingerprint density at radius 1 is 1.20 bits per heavy atom. The molecule has 0 radical (unpaired) electrons. The van der Waals surface area contributed by atoms with E-state index in [1.54, 1.807) is 12.1 Å². The molecule has 0 spiro atoms. The standard InChI is InChI=1S/C28H22ClF3N6O3/c1-33-17-8-9-35-23(11-17)38-22(6-7-24(38)39)27(41)37(19-10-16(30)14-34-15-19)25(20-4-2-3-5-21(20)29)26(40)36-18-12-28(31,32)13-18/h2-5,8-11,14-15,18,22,25H,6-7,12-13H2,(H,36,40)/t22-,25?/m0/s1. The van der Waals surface area contributed by atoms with Gasteiger partial charge in [-0.15, -0.1) is 0 Å². The summed E-state index contributed by atoms with van der Waals surface area (Å²) in [6.45, 7) is 7.29. The Morgan fingerprint density at radius 3 is 2.63 bits per heavy atom. The van der Waals surface area contributed by atoms with Crippen LogP contribution in [-0.4, -0.2) is 45.7 Å². The van der Waals surface area contributed by atoms with Gasteiger partial charge in [-0.2, -0.15) is 0 Å². The molecule has 3 amide bonds. The number of pyridine rings is 2. The highest BCUT2D eigenvalue weighted by atomic mass is 35.5.